The van der Waals surface area contributed by atoms with Gasteiger partial charge in [-0.15, -0.1) is 0 Å². The second kappa shape index (κ2) is 5.37. The zero-order chi connectivity index (χ0) is 16.8. The molecule has 0 radical (unpaired) electrons. The first-order chi connectivity index (χ1) is 9.95. The Labute approximate surface area is 133 Å². The Morgan fingerprint density at radius 2 is 1.73 bits per heavy atom. The molecular formula is C17H25NO3S. The predicted octanol–water partition coefficient (Wildman–Crippen LogP) is 2.63. The Morgan fingerprint density at radius 3 is 2.14 bits per heavy atom. The Balaban J connectivity index is 2.21. The summed E-state index contributed by atoms with van der Waals surface area (Å²) in [7, 11) is -1.34. The first kappa shape index (κ1) is 17.0. The van der Waals surface area contributed by atoms with Crippen LogP contribution >= 0.6 is 0 Å². The molecule has 0 aromatic heterocycles. The normalized spacial score (nSPS) is 24.2. The Kier molecular flexibility index (Phi) is 4.15. The maximum atomic E-state index is 12.6. The molecule has 1 fully saturated rings. The lowest BCUT2D eigenvalue weighted by Crippen LogP contribution is -2.48. The number of carbonyl (C=O) groups is 1. The zero-order valence-corrected chi connectivity index (χ0v) is 14.8. The maximum absolute atomic E-state index is 12.6. The van der Waals surface area contributed by atoms with Gasteiger partial charge in [0.15, 0.2) is 9.84 Å². The molecule has 0 spiro atoms. The van der Waals surface area contributed by atoms with Crippen LogP contribution in [0.4, 0.5) is 0 Å². The summed E-state index contributed by atoms with van der Waals surface area (Å²) in [6, 6.07) is 7.59. The van der Waals surface area contributed by atoms with Crippen molar-refractivity contribution in [3.05, 3.63) is 35.4 Å². The minimum atomic E-state index is -3.03. The van der Waals surface area contributed by atoms with Crippen LogP contribution in [-0.2, 0) is 15.3 Å². The van der Waals surface area contributed by atoms with Gasteiger partial charge in [-0.1, -0.05) is 32.9 Å². The topological polar surface area (TPSA) is 54.5 Å². The van der Waals surface area contributed by atoms with Crippen LogP contribution in [0.3, 0.4) is 0 Å². The van der Waals surface area contributed by atoms with Crippen molar-refractivity contribution < 1.29 is 13.2 Å². The average Bonchev–Trinajstić information content (AvgIpc) is 2.71. The van der Waals surface area contributed by atoms with Gasteiger partial charge >= 0.3 is 0 Å². The van der Waals surface area contributed by atoms with E-state index in [4.69, 9.17) is 0 Å². The molecule has 1 aromatic rings. The number of sulfone groups is 1. The second-order valence-corrected chi connectivity index (χ2v) is 9.71. The molecule has 1 saturated heterocycles. The lowest BCUT2D eigenvalue weighted by atomic mass is 9.86. The molecule has 4 nitrogen and oxygen atoms in total. The molecule has 5 heteroatoms. The van der Waals surface area contributed by atoms with E-state index in [1.54, 1.807) is 11.9 Å². The van der Waals surface area contributed by atoms with E-state index in [1.807, 2.05) is 31.2 Å². The van der Waals surface area contributed by atoms with E-state index in [9.17, 15) is 13.2 Å². The minimum Gasteiger partial charge on any atom is -0.335 e. The Morgan fingerprint density at radius 1 is 1.18 bits per heavy atom. The highest BCUT2D eigenvalue weighted by molar-refractivity contribution is 7.91. The lowest BCUT2D eigenvalue weighted by molar-refractivity contribution is 0.0638. The third-order valence-corrected chi connectivity index (χ3v) is 6.48. The molecule has 1 atom stereocenters. The van der Waals surface area contributed by atoms with Crippen molar-refractivity contribution in [3.63, 3.8) is 0 Å². The van der Waals surface area contributed by atoms with Crippen molar-refractivity contribution >= 4 is 15.7 Å². The Bertz CT molecular complexity index is 671. The predicted molar refractivity (Wildman–Crippen MR) is 88.9 cm³/mol. The minimum absolute atomic E-state index is 0.0407. The maximum Gasteiger partial charge on any atom is 0.254 e. The van der Waals surface area contributed by atoms with Crippen LogP contribution in [-0.4, -0.2) is 43.3 Å². The standard InChI is InChI=1S/C17H25NO3S/c1-16(2,3)14-8-6-13(7-9-14)15(19)18(5)17(4)10-11-22(20,21)12-17/h6-9H,10-12H2,1-5H3. The summed E-state index contributed by atoms with van der Waals surface area (Å²) >= 11 is 0. The quantitative estimate of drug-likeness (QED) is 0.841. The summed E-state index contributed by atoms with van der Waals surface area (Å²) in [5.41, 5.74) is 1.19. The molecule has 22 heavy (non-hydrogen) atoms. The van der Waals surface area contributed by atoms with Gasteiger partial charge in [-0.3, -0.25) is 4.79 Å². The molecule has 1 unspecified atom stereocenters. The Hall–Kier alpha value is -1.36. The largest absolute Gasteiger partial charge is 0.335 e. The van der Waals surface area contributed by atoms with Gasteiger partial charge in [0.25, 0.3) is 5.91 Å². The second-order valence-electron chi connectivity index (χ2n) is 7.53. The number of amides is 1. The molecule has 0 N–H and O–H groups in total. The first-order valence-electron chi connectivity index (χ1n) is 7.54. The molecule has 1 aliphatic heterocycles. The van der Waals surface area contributed by atoms with Crippen LogP contribution in [0.1, 0.15) is 50.0 Å². The number of hydrogen-bond donors (Lipinski definition) is 0. The molecule has 1 aromatic carbocycles. The van der Waals surface area contributed by atoms with Crippen molar-refractivity contribution in [3.8, 4) is 0 Å². The fourth-order valence-electron chi connectivity index (χ4n) is 2.81. The van der Waals surface area contributed by atoms with Gasteiger partial charge in [0.05, 0.1) is 17.0 Å². The fraction of sp³-hybridized carbons (Fsp3) is 0.588. The van der Waals surface area contributed by atoms with Crippen molar-refractivity contribution in [2.75, 3.05) is 18.6 Å². The van der Waals surface area contributed by atoms with E-state index in [0.29, 0.717) is 12.0 Å². The fourth-order valence-corrected chi connectivity index (χ4v) is 4.99. The molecule has 1 heterocycles. The molecule has 0 bridgehead atoms. The molecule has 1 amide bonds. The monoisotopic (exact) mass is 323 g/mol. The van der Waals surface area contributed by atoms with E-state index in [1.165, 1.54) is 5.56 Å². The summed E-state index contributed by atoms with van der Waals surface area (Å²) in [5.74, 6) is 0.0758. The summed E-state index contributed by atoms with van der Waals surface area (Å²) < 4.78 is 23.5. The van der Waals surface area contributed by atoms with Crippen LogP contribution in [0, 0.1) is 0 Å². The number of hydrogen-bond acceptors (Lipinski definition) is 3. The number of benzene rings is 1. The van der Waals surface area contributed by atoms with Gasteiger partial charge < -0.3 is 4.90 Å². The third kappa shape index (κ3) is 3.35. The molecular weight excluding hydrogens is 298 g/mol. The summed E-state index contributed by atoms with van der Waals surface area (Å²) in [4.78, 5) is 14.2. The van der Waals surface area contributed by atoms with Crippen LogP contribution in [0.25, 0.3) is 0 Å². The molecule has 0 aliphatic carbocycles. The first-order valence-corrected chi connectivity index (χ1v) is 9.36. The van der Waals surface area contributed by atoms with Gasteiger partial charge in [0.2, 0.25) is 0 Å². The molecule has 122 valence electrons. The zero-order valence-electron chi connectivity index (χ0n) is 14.0. The van der Waals surface area contributed by atoms with Crippen molar-refractivity contribution in [2.24, 2.45) is 0 Å². The molecule has 1 aliphatic rings. The third-order valence-electron chi connectivity index (χ3n) is 4.59. The van der Waals surface area contributed by atoms with Crippen molar-refractivity contribution in [1.82, 2.24) is 4.90 Å². The van der Waals surface area contributed by atoms with Crippen LogP contribution in [0.2, 0.25) is 0 Å². The van der Waals surface area contributed by atoms with Gasteiger partial charge in [0, 0.05) is 12.6 Å². The van der Waals surface area contributed by atoms with Crippen molar-refractivity contribution in [2.45, 2.75) is 45.1 Å². The van der Waals surface area contributed by atoms with Crippen LogP contribution < -0.4 is 0 Å². The van der Waals surface area contributed by atoms with Crippen LogP contribution in [0.5, 0.6) is 0 Å². The SMILES string of the molecule is CN(C(=O)c1ccc(C(C)(C)C)cc1)C1(C)CCS(=O)(=O)C1. The lowest BCUT2D eigenvalue weighted by Gasteiger charge is -2.34. The van der Waals surface area contributed by atoms with Gasteiger partial charge in [-0.25, -0.2) is 8.42 Å². The van der Waals surface area contributed by atoms with E-state index in [2.05, 4.69) is 20.8 Å². The smallest absolute Gasteiger partial charge is 0.254 e. The molecule has 0 saturated carbocycles. The molecule has 2 rings (SSSR count). The van der Waals surface area contributed by atoms with Gasteiger partial charge in [-0.05, 0) is 36.5 Å². The van der Waals surface area contributed by atoms with E-state index in [-0.39, 0.29) is 22.8 Å². The highest BCUT2D eigenvalue weighted by Gasteiger charge is 2.43. The summed E-state index contributed by atoms with van der Waals surface area (Å²) in [6.07, 6.45) is 0.498. The van der Waals surface area contributed by atoms with Crippen molar-refractivity contribution in [1.29, 1.82) is 0 Å². The van der Waals surface area contributed by atoms with Crippen LogP contribution in [0.15, 0.2) is 24.3 Å². The summed E-state index contributed by atoms with van der Waals surface area (Å²) in [5, 5.41) is 0. The van der Waals surface area contributed by atoms with E-state index < -0.39 is 15.4 Å². The average molecular weight is 323 g/mol. The highest BCUT2D eigenvalue weighted by Crippen LogP contribution is 2.30. The van der Waals surface area contributed by atoms with E-state index in [0.717, 1.165) is 0 Å². The highest BCUT2D eigenvalue weighted by atomic mass is 32.2. The summed E-state index contributed by atoms with van der Waals surface area (Å²) in [6.45, 7) is 8.22. The number of carbonyl (C=O) groups excluding carboxylic acids is 1. The number of rotatable bonds is 2. The van der Waals surface area contributed by atoms with Gasteiger partial charge in [0.1, 0.15) is 0 Å². The van der Waals surface area contributed by atoms with Gasteiger partial charge in [-0.2, -0.15) is 0 Å². The number of nitrogens with zero attached hydrogens (tertiary/aromatic N) is 1. The van der Waals surface area contributed by atoms with E-state index >= 15 is 0 Å².